The normalized spacial score (nSPS) is 11.5. The van der Waals surface area contributed by atoms with Gasteiger partial charge in [-0.3, -0.25) is 9.59 Å². The molecular formula is C15H14N2O5. The number of nitrogens with two attached hydrogens (primary N) is 1. The lowest BCUT2D eigenvalue weighted by Crippen LogP contribution is -2.34. The predicted molar refractivity (Wildman–Crippen MR) is 75.9 cm³/mol. The van der Waals surface area contributed by atoms with Crippen LogP contribution < -0.4 is 11.1 Å². The van der Waals surface area contributed by atoms with Crippen molar-refractivity contribution < 1.29 is 23.5 Å². The van der Waals surface area contributed by atoms with E-state index in [0.717, 1.165) is 6.26 Å². The number of carbonyl (C=O) groups excluding carboxylic acids is 3. The number of nitrogens with one attached hydrogen (secondary N) is 1. The molecule has 22 heavy (non-hydrogen) atoms. The fraction of sp³-hybridized carbons (Fsp3) is 0.133. The zero-order valence-electron chi connectivity index (χ0n) is 11.7. The molecule has 7 heteroatoms. The van der Waals surface area contributed by atoms with Gasteiger partial charge < -0.3 is 20.2 Å². The Balaban J connectivity index is 2.21. The molecule has 0 fully saturated rings. The average molecular weight is 302 g/mol. The molecule has 0 saturated heterocycles. The van der Waals surface area contributed by atoms with Gasteiger partial charge in [0, 0.05) is 6.07 Å². The number of carbonyl (C=O) groups is 3. The molecule has 1 atom stereocenters. The highest BCUT2D eigenvalue weighted by molar-refractivity contribution is 5.98. The van der Waals surface area contributed by atoms with Crippen LogP contribution in [-0.4, -0.2) is 24.9 Å². The van der Waals surface area contributed by atoms with Gasteiger partial charge in [0.1, 0.15) is 6.26 Å². The highest BCUT2D eigenvalue weighted by Gasteiger charge is 2.25. The van der Waals surface area contributed by atoms with Gasteiger partial charge in [-0.15, -0.1) is 0 Å². The highest BCUT2D eigenvalue weighted by atomic mass is 16.5. The zero-order chi connectivity index (χ0) is 16.1. The van der Waals surface area contributed by atoms with Crippen LogP contribution >= 0.6 is 0 Å². The van der Waals surface area contributed by atoms with Crippen molar-refractivity contribution >= 4 is 17.8 Å². The number of rotatable bonds is 5. The van der Waals surface area contributed by atoms with Crippen molar-refractivity contribution in [3.05, 3.63) is 59.5 Å². The quantitative estimate of drug-likeness (QED) is 0.801. The summed E-state index contributed by atoms with van der Waals surface area (Å²) in [6, 6.07) is 8.83. The molecule has 0 radical (unpaired) electrons. The van der Waals surface area contributed by atoms with E-state index in [-0.39, 0.29) is 11.3 Å². The van der Waals surface area contributed by atoms with E-state index in [1.54, 1.807) is 30.3 Å². The molecule has 0 aliphatic rings. The molecule has 1 aromatic carbocycles. The number of esters is 1. The van der Waals surface area contributed by atoms with E-state index in [1.165, 1.54) is 13.2 Å². The van der Waals surface area contributed by atoms with Crippen molar-refractivity contribution in [2.75, 3.05) is 7.11 Å². The minimum absolute atomic E-state index is 0.0690. The molecule has 0 aliphatic carbocycles. The molecule has 0 bridgehead atoms. The molecule has 3 N–H and O–H groups in total. The Morgan fingerprint density at radius 3 is 2.45 bits per heavy atom. The molecule has 7 nitrogen and oxygen atoms in total. The van der Waals surface area contributed by atoms with Crippen molar-refractivity contribution in [1.82, 2.24) is 5.32 Å². The second kappa shape index (κ2) is 6.57. The summed E-state index contributed by atoms with van der Waals surface area (Å²) in [6.45, 7) is 0. The summed E-state index contributed by atoms with van der Waals surface area (Å²) in [5, 5.41) is 2.49. The van der Waals surface area contributed by atoms with Gasteiger partial charge in [-0.1, -0.05) is 30.3 Å². The Morgan fingerprint density at radius 1 is 1.23 bits per heavy atom. The molecule has 0 spiro atoms. The molecule has 2 amide bonds. The number of primary amides is 1. The van der Waals surface area contributed by atoms with Gasteiger partial charge in [0.25, 0.3) is 11.8 Å². The largest absolute Gasteiger partial charge is 0.467 e. The van der Waals surface area contributed by atoms with E-state index in [9.17, 15) is 14.4 Å². The number of methoxy groups -OCH3 is 1. The van der Waals surface area contributed by atoms with Crippen LogP contribution in [0, 0.1) is 0 Å². The second-order valence-electron chi connectivity index (χ2n) is 4.40. The summed E-state index contributed by atoms with van der Waals surface area (Å²) in [4.78, 5) is 35.0. The first-order valence-corrected chi connectivity index (χ1v) is 6.35. The van der Waals surface area contributed by atoms with Crippen LogP contribution in [0.15, 0.2) is 47.1 Å². The van der Waals surface area contributed by atoms with Gasteiger partial charge in [0.15, 0.2) is 11.8 Å². The molecule has 1 aromatic heterocycles. The van der Waals surface area contributed by atoms with Crippen LogP contribution in [0.4, 0.5) is 0 Å². The average Bonchev–Trinajstić information content (AvgIpc) is 3.03. The van der Waals surface area contributed by atoms with Gasteiger partial charge in [0.2, 0.25) is 0 Å². The van der Waals surface area contributed by atoms with Crippen molar-refractivity contribution in [2.24, 2.45) is 5.73 Å². The lowest BCUT2D eigenvalue weighted by atomic mass is 10.1. The summed E-state index contributed by atoms with van der Waals surface area (Å²) in [6.07, 6.45) is 1.08. The van der Waals surface area contributed by atoms with E-state index in [1.807, 2.05) is 0 Å². The molecule has 1 heterocycles. The number of ether oxygens (including phenoxy) is 1. The summed E-state index contributed by atoms with van der Waals surface area (Å²) < 4.78 is 9.66. The monoisotopic (exact) mass is 302 g/mol. The smallest absolute Gasteiger partial charge is 0.333 e. The first-order chi connectivity index (χ1) is 10.5. The van der Waals surface area contributed by atoms with Crippen LogP contribution in [-0.2, 0) is 9.53 Å². The summed E-state index contributed by atoms with van der Waals surface area (Å²) in [5.41, 5.74) is 5.71. The predicted octanol–water partition coefficient (Wildman–Crippen LogP) is 1.02. The Morgan fingerprint density at radius 2 is 1.91 bits per heavy atom. The maximum Gasteiger partial charge on any atom is 0.333 e. The molecule has 0 saturated carbocycles. The van der Waals surface area contributed by atoms with Crippen molar-refractivity contribution in [1.29, 1.82) is 0 Å². The van der Waals surface area contributed by atoms with Crippen LogP contribution in [0.3, 0.4) is 0 Å². The van der Waals surface area contributed by atoms with Crippen LogP contribution in [0.25, 0.3) is 0 Å². The number of furan rings is 1. The lowest BCUT2D eigenvalue weighted by Gasteiger charge is -2.16. The molecule has 114 valence electrons. The van der Waals surface area contributed by atoms with Crippen molar-refractivity contribution in [3.8, 4) is 0 Å². The Hall–Kier alpha value is -3.09. The third kappa shape index (κ3) is 3.32. The third-order valence-corrected chi connectivity index (χ3v) is 2.95. The fourth-order valence-corrected chi connectivity index (χ4v) is 1.83. The minimum Gasteiger partial charge on any atom is -0.467 e. The highest BCUT2D eigenvalue weighted by Crippen LogP contribution is 2.16. The Kier molecular flexibility index (Phi) is 4.57. The number of benzene rings is 1. The van der Waals surface area contributed by atoms with Gasteiger partial charge >= 0.3 is 5.97 Å². The van der Waals surface area contributed by atoms with E-state index in [2.05, 4.69) is 10.1 Å². The van der Waals surface area contributed by atoms with Gasteiger partial charge in [-0.05, 0) is 5.56 Å². The SMILES string of the molecule is COC(=O)[C@@H](NC(=O)c1cc(C(N)=O)co1)c1ccccc1. The van der Waals surface area contributed by atoms with Crippen molar-refractivity contribution in [3.63, 3.8) is 0 Å². The maximum absolute atomic E-state index is 12.1. The summed E-state index contributed by atoms with van der Waals surface area (Å²) in [5.74, 6) is -2.12. The molecule has 0 aliphatic heterocycles. The fourth-order valence-electron chi connectivity index (χ4n) is 1.83. The topological polar surface area (TPSA) is 112 Å². The van der Waals surface area contributed by atoms with E-state index in [4.69, 9.17) is 10.2 Å². The van der Waals surface area contributed by atoms with E-state index >= 15 is 0 Å². The summed E-state index contributed by atoms with van der Waals surface area (Å²) >= 11 is 0. The lowest BCUT2D eigenvalue weighted by molar-refractivity contribution is -0.143. The molecule has 2 aromatic rings. The van der Waals surface area contributed by atoms with Crippen LogP contribution in [0.1, 0.15) is 32.5 Å². The zero-order valence-corrected chi connectivity index (χ0v) is 11.7. The Labute approximate surface area is 126 Å². The van der Waals surface area contributed by atoms with E-state index < -0.39 is 23.8 Å². The van der Waals surface area contributed by atoms with Crippen molar-refractivity contribution in [2.45, 2.75) is 6.04 Å². The first kappa shape index (κ1) is 15.3. The minimum atomic E-state index is -0.985. The number of hydrogen-bond acceptors (Lipinski definition) is 5. The Bertz CT molecular complexity index is 693. The van der Waals surface area contributed by atoms with Gasteiger partial charge in [0.05, 0.1) is 12.7 Å². The second-order valence-corrected chi connectivity index (χ2v) is 4.40. The van der Waals surface area contributed by atoms with Crippen LogP contribution in [0.5, 0.6) is 0 Å². The van der Waals surface area contributed by atoms with Gasteiger partial charge in [-0.2, -0.15) is 0 Å². The number of amides is 2. The maximum atomic E-state index is 12.1. The number of hydrogen-bond donors (Lipinski definition) is 2. The summed E-state index contributed by atoms with van der Waals surface area (Å²) in [7, 11) is 1.22. The molecular weight excluding hydrogens is 288 g/mol. The van der Waals surface area contributed by atoms with Crippen LogP contribution in [0.2, 0.25) is 0 Å². The third-order valence-electron chi connectivity index (χ3n) is 2.95. The first-order valence-electron chi connectivity index (χ1n) is 6.35. The van der Waals surface area contributed by atoms with Gasteiger partial charge in [-0.25, -0.2) is 4.79 Å². The molecule has 0 unspecified atom stereocenters. The van der Waals surface area contributed by atoms with E-state index in [0.29, 0.717) is 5.56 Å². The standard InChI is InChI=1S/C15H14N2O5/c1-21-15(20)12(9-5-3-2-4-6-9)17-14(19)11-7-10(8-22-11)13(16)18/h2-8,12H,1H3,(H2,16,18)(H,17,19)/t12-/m0/s1. The molecule has 2 rings (SSSR count).